The monoisotopic (exact) mass is 475 g/mol. The molecule has 1 amide bonds. The van der Waals surface area contributed by atoms with Crippen molar-refractivity contribution in [2.24, 2.45) is 18.4 Å². The summed E-state index contributed by atoms with van der Waals surface area (Å²) in [5.41, 5.74) is 0.852. The molecule has 34 heavy (non-hydrogen) atoms. The van der Waals surface area contributed by atoms with Gasteiger partial charge in [0, 0.05) is 57.1 Å². The van der Waals surface area contributed by atoms with E-state index in [2.05, 4.69) is 5.10 Å². The number of alkyl halides is 3. The number of aryl methyl sites for hydroxylation is 2. The molecule has 0 radical (unpaired) electrons. The van der Waals surface area contributed by atoms with E-state index in [-0.39, 0.29) is 23.8 Å². The number of nitrogens with zero attached hydrogens (tertiary/aromatic N) is 5. The fraction of sp³-hybridized carbons (Fsp3) is 0.542. The molecule has 4 rings (SSSR count). The maximum absolute atomic E-state index is 13.5. The van der Waals surface area contributed by atoms with Crippen molar-refractivity contribution in [1.29, 1.82) is 5.26 Å². The Hall–Kier alpha value is -3.06. The van der Waals surface area contributed by atoms with Crippen LogP contribution < -0.4 is 4.90 Å². The molecule has 0 saturated carbocycles. The summed E-state index contributed by atoms with van der Waals surface area (Å²) in [6.07, 6.45) is -3.31. The zero-order valence-corrected chi connectivity index (χ0v) is 19.5. The summed E-state index contributed by atoms with van der Waals surface area (Å²) in [7, 11) is 1.80. The van der Waals surface area contributed by atoms with Gasteiger partial charge in [-0.15, -0.1) is 0 Å². The Morgan fingerprint density at radius 2 is 1.97 bits per heavy atom. The number of carbonyl (C=O) groups is 1. The minimum atomic E-state index is -4.62. The second-order valence-electron chi connectivity index (χ2n) is 9.42. The molecule has 3 heterocycles. The maximum atomic E-state index is 13.5. The average molecular weight is 476 g/mol. The summed E-state index contributed by atoms with van der Waals surface area (Å²) in [4.78, 5) is 16.8. The van der Waals surface area contributed by atoms with Crippen LogP contribution in [-0.2, 0) is 13.2 Å². The van der Waals surface area contributed by atoms with Gasteiger partial charge < -0.3 is 14.9 Å². The molecule has 0 aliphatic carbocycles. The first-order valence-corrected chi connectivity index (χ1v) is 11.3. The van der Waals surface area contributed by atoms with Gasteiger partial charge in [0.2, 0.25) is 0 Å². The average Bonchev–Trinajstić information content (AvgIpc) is 3.28. The van der Waals surface area contributed by atoms with Gasteiger partial charge in [-0.1, -0.05) is 0 Å². The number of hydrogen-bond donors (Lipinski definition) is 1. The Bertz CT molecular complexity index is 1140. The summed E-state index contributed by atoms with van der Waals surface area (Å²) < 4.78 is 42.1. The molecule has 1 spiro atoms. The van der Waals surface area contributed by atoms with E-state index in [9.17, 15) is 23.1 Å². The van der Waals surface area contributed by atoms with E-state index < -0.39 is 17.3 Å². The Labute approximate surface area is 196 Å². The largest absolute Gasteiger partial charge is 0.417 e. The number of halogens is 3. The SMILES string of the molecule is Cc1nn(C)c(C)c1C(=O)N1CCC2(CC1)CN(c1ccc(C#N)c(C(F)(F)F)c1)CC2CO. The maximum Gasteiger partial charge on any atom is 0.417 e. The van der Waals surface area contributed by atoms with Crippen LogP contribution in [0.3, 0.4) is 0 Å². The molecule has 1 N–H and O–H groups in total. The number of nitriles is 1. The lowest BCUT2D eigenvalue weighted by atomic mass is 9.71. The highest BCUT2D eigenvalue weighted by molar-refractivity contribution is 5.96. The lowest BCUT2D eigenvalue weighted by Crippen LogP contribution is -2.47. The van der Waals surface area contributed by atoms with Crippen molar-refractivity contribution in [2.75, 3.05) is 37.7 Å². The van der Waals surface area contributed by atoms with Gasteiger partial charge in [-0.05, 0) is 50.3 Å². The Morgan fingerprint density at radius 3 is 2.50 bits per heavy atom. The highest BCUT2D eigenvalue weighted by atomic mass is 19.4. The van der Waals surface area contributed by atoms with Gasteiger partial charge >= 0.3 is 6.18 Å². The van der Waals surface area contributed by atoms with Gasteiger partial charge in [0.1, 0.15) is 0 Å². The van der Waals surface area contributed by atoms with Crippen LogP contribution in [0.1, 0.15) is 45.7 Å². The number of anilines is 1. The number of carbonyl (C=O) groups excluding carboxylic acids is 1. The van der Waals surface area contributed by atoms with Crippen LogP contribution in [0, 0.1) is 36.5 Å². The second kappa shape index (κ2) is 8.62. The quantitative estimate of drug-likeness (QED) is 0.737. The number of aromatic nitrogens is 2. The number of aliphatic hydroxyl groups excluding tert-OH is 1. The number of benzene rings is 1. The van der Waals surface area contributed by atoms with Gasteiger partial charge in [-0.2, -0.15) is 23.5 Å². The fourth-order valence-electron chi connectivity index (χ4n) is 5.51. The topological polar surface area (TPSA) is 85.4 Å². The van der Waals surface area contributed by atoms with E-state index >= 15 is 0 Å². The molecule has 1 aromatic heterocycles. The number of piperidine rings is 1. The predicted octanol–water partition coefficient (Wildman–Crippen LogP) is 3.28. The van der Waals surface area contributed by atoms with Gasteiger partial charge in [0.25, 0.3) is 5.91 Å². The van der Waals surface area contributed by atoms with Crippen molar-refractivity contribution >= 4 is 11.6 Å². The van der Waals surface area contributed by atoms with Crippen molar-refractivity contribution in [2.45, 2.75) is 32.9 Å². The van der Waals surface area contributed by atoms with Crippen LogP contribution in [0.2, 0.25) is 0 Å². The van der Waals surface area contributed by atoms with Crippen LogP contribution >= 0.6 is 0 Å². The molecule has 2 saturated heterocycles. The molecule has 10 heteroatoms. The Morgan fingerprint density at radius 1 is 1.29 bits per heavy atom. The number of aliphatic hydroxyl groups is 1. The highest BCUT2D eigenvalue weighted by Crippen LogP contribution is 2.46. The molecular formula is C24H28F3N5O2. The Kier molecular flexibility index (Phi) is 6.10. The summed E-state index contributed by atoms with van der Waals surface area (Å²) >= 11 is 0. The van der Waals surface area contributed by atoms with Crippen LogP contribution in [0.15, 0.2) is 18.2 Å². The van der Waals surface area contributed by atoms with Gasteiger partial charge in [0.15, 0.2) is 0 Å². The first-order chi connectivity index (χ1) is 16.0. The molecule has 2 aliphatic heterocycles. The van der Waals surface area contributed by atoms with Crippen molar-refractivity contribution in [3.05, 3.63) is 46.3 Å². The third kappa shape index (κ3) is 4.02. The first kappa shape index (κ1) is 24.1. The second-order valence-corrected chi connectivity index (χ2v) is 9.42. The molecule has 1 unspecified atom stereocenters. The molecule has 182 valence electrons. The molecular weight excluding hydrogens is 447 g/mol. The minimum Gasteiger partial charge on any atom is -0.396 e. The van der Waals surface area contributed by atoms with Crippen LogP contribution in [0.4, 0.5) is 18.9 Å². The third-order valence-electron chi connectivity index (χ3n) is 7.60. The van der Waals surface area contributed by atoms with E-state index in [1.165, 1.54) is 12.1 Å². The van der Waals surface area contributed by atoms with Crippen molar-refractivity contribution in [3.8, 4) is 6.07 Å². The third-order valence-corrected chi connectivity index (χ3v) is 7.60. The lowest BCUT2D eigenvalue weighted by molar-refractivity contribution is -0.137. The lowest BCUT2D eigenvalue weighted by Gasteiger charge is -2.42. The normalized spacial score (nSPS) is 20.1. The summed E-state index contributed by atoms with van der Waals surface area (Å²) in [6, 6.07) is 5.38. The fourth-order valence-corrected chi connectivity index (χ4v) is 5.51. The molecule has 7 nitrogen and oxygen atoms in total. The van der Waals surface area contributed by atoms with E-state index in [0.717, 1.165) is 11.8 Å². The van der Waals surface area contributed by atoms with Crippen LogP contribution in [0.25, 0.3) is 0 Å². The standard InChI is InChI=1S/C24H28F3N5O2/c1-15-21(16(2)30(3)29-15)22(34)31-8-6-23(7-9-31)14-32(12-18(23)13-33)19-5-4-17(11-28)20(10-19)24(25,26)27/h4-5,10,18,33H,6-9,12-14H2,1-3H3. The zero-order valence-electron chi connectivity index (χ0n) is 19.5. The van der Waals surface area contributed by atoms with E-state index in [1.807, 2.05) is 23.6 Å². The first-order valence-electron chi connectivity index (χ1n) is 11.3. The van der Waals surface area contributed by atoms with Crippen molar-refractivity contribution < 1.29 is 23.1 Å². The minimum absolute atomic E-state index is 0.0599. The molecule has 2 aliphatic rings. The molecule has 0 bridgehead atoms. The van der Waals surface area contributed by atoms with E-state index in [4.69, 9.17) is 5.26 Å². The molecule has 1 atom stereocenters. The number of rotatable bonds is 3. The van der Waals surface area contributed by atoms with Gasteiger partial charge in [-0.3, -0.25) is 9.48 Å². The summed E-state index contributed by atoms with van der Waals surface area (Å²) in [5, 5.41) is 23.5. The van der Waals surface area contributed by atoms with Gasteiger partial charge in [-0.25, -0.2) is 0 Å². The number of amides is 1. The van der Waals surface area contributed by atoms with E-state index in [1.54, 1.807) is 17.8 Å². The smallest absolute Gasteiger partial charge is 0.396 e. The molecule has 2 fully saturated rings. The summed E-state index contributed by atoms with van der Waals surface area (Å²) in [5.74, 6) is -0.174. The predicted molar refractivity (Wildman–Crippen MR) is 119 cm³/mol. The number of hydrogen-bond acceptors (Lipinski definition) is 5. The van der Waals surface area contributed by atoms with E-state index in [0.29, 0.717) is 56.0 Å². The van der Waals surface area contributed by atoms with Crippen LogP contribution in [-0.4, -0.2) is 58.5 Å². The zero-order chi connectivity index (χ0) is 24.8. The van der Waals surface area contributed by atoms with Crippen molar-refractivity contribution in [3.63, 3.8) is 0 Å². The highest BCUT2D eigenvalue weighted by Gasteiger charge is 2.49. The Balaban J connectivity index is 1.53. The number of likely N-dealkylation sites (tertiary alicyclic amines) is 1. The van der Waals surface area contributed by atoms with Gasteiger partial charge in [0.05, 0.1) is 28.5 Å². The molecule has 1 aromatic carbocycles. The molecule has 2 aromatic rings. The van der Waals surface area contributed by atoms with Crippen LogP contribution in [0.5, 0.6) is 0 Å². The van der Waals surface area contributed by atoms with Crippen molar-refractivity contribution in [1.82, 2.24) is 14.7 Å². The summed E-state index contributed by atoms with van der Waals surface area (Å²) in [6.45, 7) is 5.55.